The van der Waals surface area contributed by atoms with Crippen LogP contribution in [0.4, 0.5) is 5.82 Å². The van der Waals surface area contributed by atoms with Crippen LogP contribution in [0.2, 0.25) is 0 Å². The molecule has 66 valence electrons. The zero-order valence-electron chi connectivity index (χ0n) is 7.10. The summed E-state index contributed by atoms with van der Waals surface area (Å²) >= 11 is 3.36. The van der Waals surface area contributed by atoms with Crippen LogP contribution >= 0.6 is 15.9 Å². The summed E-state index contributed by atoms with van der Waals surface area (Å²) in [4.78, 5) is 0. The van der Waals surface area contributed by atoms with Crippen molar-refractivity contribution in [3.8, 4) is 0 Å². The maximum Gasteiger partial charge on any atom is 0.181 e. The van der Waals surface area contributed by atoms with Gasteiger partial charge in [0.05, 0.1) is 0 Å². The highest BCUT2D eigenvalue weighted by Gasteiger charge is 2.50. The molecule has 1 aliphatic carbocycles. The third-order valence-corrected chi connectivity index (χ3v) is 3.31. The first kappa shape index (κ1) is 8.10. The van der Waals surface area contributed by atoms with Crippen molar-refractivity contribution >= 4 is 21.7 Å². The van der Waals surface area contributed by atoms with Crippen LogP contribution in [0.1, 0.15) is 31.9 Å². The van der Waals surface area contributed by atoms with Crippen molar-refractivity contribution in [3.05, 3.63) is 10.2 Å². The van der Waals surface area contributed by atoms with E-state index in [1.165, 1.54) is 0 Å². The highest BCUT2D eigenvalue weighted by Crippen LogP contribution is 2.60. The molecule has 4 heteroatoms. The van der Waals surface area contributed by atoms with E-state index in [1.807, 2.05) is 0 Å². The normalized spacial score (nSPS) is 25.8. The van der Waals surface area contributed by atoms with Crippen LogP contribution < -0.4 is 5.73 Å². The van der Waals surface area contributed by atoms with Gasteiger partial charge in [-0.25, -0.2) is 0 Å². The average Bonchev–Trinajstić information content (AvgIpc) is 2.47. The molecule has 1 atom stereocenters. The topological polar surface area (TPSA) is 52.0 Å². The summed E-state index contributed by atoms with van der Waals surface area (Å²) < 4.78 is 5.96. The standard InChI is InChI=1S/C8H11BrN2O/c1-8(2)3-4(8)6-5(9)7(10)11-12-6/h4H,3H2,1-2H3,(H2,10,11). The quantitative estimate of drug-likeness (QED) is 0.807. The molecule has 0 aliphatic heterocycles. The Bertz CT molecular complexity index is 319. The summed E-state index contributed by atoms with van der Waals surface area (Å²) in [7, 11) is 0. The Kier molecular flexibility index (Phi) is 1.52. The van der Waals surface area contributed by atoms with Crippen LogP contribution in [0.15, 0.2) is 9.00 Å². The summed E-state index contributed by atoms with van der Waals surface area (Å²) in [5.41, 5.74) is 5.90. The number of nitrogens with two attached hydrogens (primary N) is 1. The molecule has 1 aromatic rings. The minimum absolute atomic E-state index is 0.356. The zero-order chi connectivity index (χ0) is 8.93. The molecule has 0 saturated heterocycles. The van der Waals surface area contributed by atoms with Crippen molar-refractivity contribution in [1.82, 2.24) is 5.16 Å². The number of nitrogen functional groups attached to an aromatic ring is 1. The van der Waals surface area contributed by atoms with Crippen molar-refractivity contribution in [2.24, 2.45) is 5.41 Å². The monoisotopic (exact) mass is 230 g/mol. The first-order valence-electron chi connectivity index (χ1n) is 3.93. The van der Waals surface area contributed by atoms with E-state index in [-0.39, 0.29) is 0 Å². The van der Waals surface area contributed by atoms with Crippen LogP contribution in [0.3, 0.4) is 0 Å². The third-order valence-electron chi connectivity index (χ3n) is 2.51. The van der Waals surface area contributed by atoms with Crippen LogP contribution in [0, 0.1) is 5.41 Å². The maximum atomic E-state index is 5.54. The Labute approximate surface area is 79.4 Å². The van der Waals surface area contributed by atoms with Gasteiger partial charge >= 0.3 is 0 Å². The van der Waals surface area contributed by atoms with E-state index in [2.05, 4.69) is 34.9 Å². The first-order valence-corrected chi connectivity index (χ1v) is 4.72. The molecule has 0 bridgehead atoms. The van der Waals surface area contributed by atoms with E-state index in [1.54, 1.807) is 0 Å². The van der Waals surface area contributed by atoms with Gasteiger partial charge in [-0.2, -0.15) is 0 Å². The molecule has 1 saturated carbocycles. The van der Waals surface area contributed by atoms with Crippen LogP contribution in [-0.2, 0) is 0 Å². The second-order valence-electron chi connectivity index (χ2n) is 3.99. The molecule has 1 heterocycles. The number of hydrogen-bond donors (Lipinski definition) is 1. The molecule has 0 spiro atoms. The van der Waals surface area contributed by atoms with Crippen molar-refractivity contribution in [3.63, 3.8) is 0 Å². The fraction of sp³-hybridized carbons (Fsp3) is 0.625. The van der Waals surface area contributed by atoms with E-state index in [0.717, 1.165) is 16.7 Å². The van der Waals surface area contributed by atoms with Crippen molar-refractivity contribution in [2.45, 2.75) is 26.2 Å². The lowest BCUT2D eigenvalue weighted by atomic mass is 10.1. The first-order chi connectivity index (χ1) is 5.52. The van der Waals surface area contributed by atoms with Gasteiger partial charge < -0.3 is 10.3 Å². The minimum atomic E-state index is 0.356. The molecule has 1 unspecified atom stereocenters. The summed E-state index contributed by atoms with van der Waals surface area (Å²) in [6, 6.07) is 0. The maximum absolute atomic E-state index is 5.54. The van der Waals surface area contributed by atoms with Crippen molar-refractivity contribution in [1.29, 1.82) is 0 Å². The summed E-state index contributed by atoms with van der Waals surface area (Å²) in [6.07, 6.45) is 1.15. The van der Waals surface area contributed by atoms with Gasteiger partial charge in [0.1, 0.15) is 4.47 Å². The fourth-order valence-corrected chi connectivity index (χ4v) is 1.86. The van der Waals surface area contributed by atoms with E-state index in [4.69, 9.17) is 10.3 Å². The Morgan fingerprint density at radius 2 is 2.25 bits per heavy atom. The van der Waals surface area contributed by atoms with Gasteiger partial charge in [0, 0.05) is 5.92 Å². The second-order valence-corrected chi connectivity index (χ2v) is 4.78. The van der Waals surface area contributed by atoms with Crippen molar-refractivity contribution < 1.29 is 4.52 Å². The number of halogens is 1. The van der Waals surface area contributed by atoms with Crippen LogP contribution in [-0.4, -0.2) is 5.16 Å². The molecule has 12 heavy (non-hydrogen) atoms. The van der Waals surface area contributed by atoms with Crippen LogP contribution in [0.5, 0.6) is 0 Å². The van der Waals surface area contributed by atoms with Gasteiger partial charge in [-0.05, 0) is 27.8 Å². The predicted molar refractivity (Wildman–Crippen MR) is 49.8 cm³/mol. The summed E-state index contributed by atoms with van der Waals surface area (Å²) in [5.74, 6) is 1.84. The SMILES string of the molecule is CC1(C)CC1c1onc(N)c1Br. The minimum Gasteiger partial charge on any atom is -0.380 e. The highest BCUT2D eigenvalue weighted by molar-refractivity contribution is 9.10. The second kappa shape index (κ2) is 2.25. The number of nitrogens with zero attached hydrogens (tertiary/aromatic N) is 1. The molecule has 0 aromatic carbocycles. The number of hydrogen-bond acceptors (Lipinski definition) is 3. The van der Waals surface area contributed by atoms with E-state index < -0.39 is 0 Å². The Balaban J connectivity index is 2.31. The summed E-state index contributed by atoms with van der Waals surface area (Å²) in [5, 5.41) is 3.70. The molecule has 2 N–H and O–H groups in total. The third kappa shape index (κ3) is 1.05. The molecule has 2 rings (SSSR count). The Morgan fingerprint density at radius 1 is 1.67 bits per heavy atom. The lowest BCUT2D eigenvalue weighted by Gasteiger charge is -1.98. The van der Waals surface area contributed by atoms with Crippen molar-refractivity contribution in [2.75, 3.05) is 5.73 Å². The molecule has 1 fully saturated rings. The lowest BCUT2D eigenvalue weighted by Crippen LogP contribution is -1.89. The van der Waals surface area contributed by atoms with E-state index >= 15 is 0 Å². The van der Waals surface area contributed by atoms with Gasteiger partial charge in [-0.1, -0.05) is 19.0 Å². The molecule has 0 amide bonds. The zero-order valence-corrected chi connectivity index (χ0v) is 8.68. The lowest BCUT2D eigenvalue weighted by molar-refractivity contribution is 0.374. The van der Waals surface area contributed by atoms with Gasteiger partial charge in [0.2, 0.25) is 0 Å². The van der Waals surface area contributed by atoms with Gasteiger partial charge in [0.25, 0.3) is 0 Å². The Morgan fingerprint density at radius 3 is 2.58 bits per heavy atom. The van der Waals surface area contributed by atoms with Gasteiger partial charge in [-0.15, -0.1) is 0 Å². The molecule has 3 nitrogen and oxygen atoms in total. The van der Waals surface area contributed by atoms with Gasteiger partial charge in [0.15, 0.2) is 11.6 Å². The predicted octanol–water partition coefficient (Wildman–Crippen LogP) is 2.53. The summed E-state index contributed by atoms with van der Waals surface area (Å²) in [6.45, 7) is 4.42. The highest BCUT2D eigenvalue weighted by atomic mass is 79.9. The van der Waals surface area contributed by atoms with Gasteiger partial charge in [-0.3, -0.25) is 0 Å². The molecule has 0 radical (unpaired) electrons. The molecular weight excluding hydrogens is 220 g/mol. The fourth-order valence-electron chi connectivity index (χ4n) is 1.44. The van der Waals surface area contributed by atoms with E-state index in [9.17, 15) is 0 Å². The number of rotatable bonds is 1. The number of anilines is 1. The molecular formula is C8H11BrN2O. The van der Waals surface area contributed by atoms with E-state index in [0.29, 0.717) is 17.2 Å². The smallest absolute Gasteiger partial charge is 0.181 e. The number of aromatic nitrogens is 1. The average molecular weight is 231 g/mol. The largest absolute Gasteiger partial charge is 0.380 e. The Hall–Kier alpha value is -0.510. The molecule has 1 aliphatic rings. The van der Waals surface area contributed by atoms with Crippen LogP contribution in [0.25, 0.3) is 0 Å². The molecule has 1 aromatic heterocycles.